The number of nitrogens with zero attached hydrogens (tertiary/aromatic N) is 2. The van der Waals surface area contributed by atoms with Crippen molar-refractivity contribution in [2.45, 2.75) is 65.8 Å². The van der Waals surface area contributed by atoms with Crippen LogP contribution in [0.15, 0.2) is 34.5 Å². The summed E-state index contributed by atoms with van der Waals surface area (Å²) in [6.07, 6.45) is 5.08. The van der Waals surface area contributed by atoms with Crippen molar-refractivity contribution in [2.24, 2.45) is 4.99 Å². The van der Waals surface area contributed by atoms with E-state index in [0.29, 0.717) is 12.5 Å². The van der Waals surface area contributed by atoms with Gasteiger partial charge in [0.15, 0.2) is 0 Å². The Labute approximate surface area is 165 Å². The summed E-state index contributed by atoms with van der Waals surface area (Å²) in [5.74, 6) is -0.137. The fourth-order valence-corrected chi connectivity index (χ4v) is 3.22. The summed E-state index contributed by atoms with van der Waals surface area (Å²) in [5.41, 5.74) is 4.86. The molecule has 0 aliphatic rings. The number of hydrogen-bond donors (Lipinski definition) is 1. The van der Waals surface area contributed by atoms with Gasteiger partial charge in [0.25, 0.3) is 0 Å². The monoisotopic (exact) mass is 375 g/mol. The molecule has 1 aromatic carbocycles. The van der Waals surface area contributed by atoms with E-state index in [0.717, 1.165) is 54.8 Å². The maximum atomic E-state index is 14.1. The van der Waals surface area contributed by atoms with Crippen molar-refractivity contribution in [1.29, 1.82) is 0 Å². The smallest absolute Gasteiger partial charge is 0.127 e. The molecule has 1 aromatic rings. The Morgan fingerprint density at radius 2 is 1.89 bits per heavy atom. The standard InChI is InChI=1S/C23H38FN3/c1-8-19-12-13-20(16-22(19)24)18(4)26-23(17(2)3)11-9-10-21(27(6)7)14-15-25-5/h12-13,16,21,25H,8-11,14-15H2,1-7H3/b26-18+. The molecule has 1 atom stereocenters. The highest BCUT2D eigenvalue weighted by atomic mass is 19.1. The molecule has 0 saturated heterocycles. The third kappa shape index (κ3) is 7.94. The SMILES string of the molecule is CCc1ccc(/C(C)=N/C(CCCC(CCNC)N(C)C)=C(C)C)cc1F. The lowest BCUT2D eigenvalue weighted by molar-refractivity contribution is 0.259. The second kappa shape index (κ2) is 12.0. The Hall–Kier alpha value is -1.52. The van der Waals surface area contributed by atoms with Crippen molar-refractivity contribution in [3.63, 3.8) is 0 Å². The molecule has 1 unspecified atom stereocenters. The molecule has 27 heavy (non-hydrogen) atoms. The van der Waals surface area contributed by atoms with Crippen LogP contribution in [0.5, 0.6) is 0 Å². The zero-order valence-electron chi connectivity index (χ0n) is 18.3. The van der Waals surface area contributed by atoms with E-state index in [-0.39, 0.29) is 5.82 Å². The maximum absolute atomic E-state index is 14.1. The van der Waals surface area contributed by atoms with Crippen LogP contribution in [-0.4, -0.2) is 44.3 Å². The molecule has 0 radical (unpaired) electrons. The van der Waals surface area contributed by atoms with Crippen LogP contribution < -0.4 is 5.32 Å². The van der Waals surface area contributed by atoms with Crippen LogP contribution in [0.2, 0.25) is 0 Å². The van der Waals surface area contributed by atoms with E-state index in [4.69, 9.17) is 4.99 Å². The van der Waals surface area contributed by atoms with Crippen LogP contribution in [0.4, 0.5) is 4.39 Å². The van der Waals surface area contributed by atoms with Gasteiger partial charge in [-0.05, 0) is 97.8 Å². The highest BCUT2D eigenvalue weighted by Gasteiger charge is 2.12. The van der Waals surface area contributed by atoms with Gasteiger partial charge in [0.1, 0.15) is 5.82 Å². The number of aryl methyl sites for hydroxylation is 1. The fraction of sp³-hybridized carbons (Fsp3) is 0.609. The lowest BCUT2D eigenvalue weighted by Gasteiger charge is -2.24. The molecular weight excluding hydrogens is 337 g/mol. The molecule has 3 nitrogen and oxygen atoms in total. The van der Waals surface area contributed by atoms with E-state index < -0.39 is 0 Å². The summed E-state index contributed by atoms with van der Waals surface area (Å²) in [4.78, 5) is 7.16. The molecule has 1 rings (SSSR count). The number of aliphatic imine (C=N–C) groups is 1. The Kier molecular flexibility index (Phi) is 10.5. The molecule has 0 saturated carbocycles. The predicted molar refractivity (Wildman–Crippen MR) is 116 cm³/mol. The van der Waals surface area contributed by atoms with Crippen LogP contribution in [0.3, 0.4) is 0 Å². The Morgan fingerprint density at radius 3 is 2.41 bits per heavy atom. The highest BCUT2D eigenvalue weighted by molar-refractivity contribution is 5.99. The Morgan fingerprint density at radius 1 is 1.19 bits per heavy atom. The van der Waals surface area contributed by atoms with Gasteiger partial charge in [0, 0.05) is 17.5 Å². The first kappa shape index (κ1) is 23.5. The predicted octanol–water partition coefficient (Wildman–Crippen LogP) is 5.20. The molecule has 0 bridgehead atoms. The summed E-state index contributed by atoms with van der Waals surface area (Å²) in [7, 11) is 6.30. The van der Waals surface area contributed by atoms with Crippen molar-refractivity contribution in [3.8, 4) is 0 Å². The van der Waals surface area contributed by atoms with Gasteiger partial charge in [-0.25, -0.2) is 4.39 Å². The average molecular weight is 376 g/mol. The van der Waals surface area contributed by atoms with E-state index in [1.807, 2.05) is 33.0 Å². The van der Waals surface area contributed by atoms with Crippen LogP contribution in [0.25, 0.3) is 0 Å². The largest absolute Gasteiger partial charge is 0.320 e. The van der Waals surface area contributed by atoms with Crippen molar-refractivity contribution in [3.05, 3.63) is 46.4 Å². The van der Waals surface area contributed by atoms with Crippen molar-refractivity contribution < 1.29 is 4.39 Å². The van der Waals surface area contributed by atoms with E-state index in [2.05, 4.69) is 38.2 Å². The van der Waals surface area contributed by atoms with Crippen molar-refractivity contribution in [1.82, 2.24) is 10.2 Å². The molecule has 4 heteroatoms. The first-order valence-electron chi connectivity index (χ1n) is 10.1. The number of nitrogens with one attached hydrogen (secondary N) is 1. The molecule has 0 heterocycles. The topological polar surface area (TPSA) is 27.6 Å². The number of hydrogen-bond acceptors (Lipinski definition) is 3. The minimum atomic E-state index is -0.137. The average Bonchev–Trinajstić information content (AvgIpc) is 2.62. The van der Waals surface area contributed by atoms with Gasteiger partial charge in [-0.1, -0.05) is 24.6 Å². The lowest BCUT2D eigenvalue weighted by Crippen LogP contribution is -2.30. The molecule has 0 fully saturated rings. The van der Waals surface area contributed by atoms with Crippen LogP contribution in [0, 0.1) is 5.82 Å². The van der Waals surface area contributed by atoms with Gasteiger partial charge in [-0.3, -0.25) is 4.99 Å². The van der Waals surface area contributed by atoms with Crippen LogP contribution in [-0.2, 0) is 6.42 Å². The number of rotatable bonds is 11. The summed E-state index contributed by atoms with van der Waals surface area (Å²) in [5, 5.41) is 3.24. The van der Waals surface area contributed by atoms with Crippen molar-refractivity contribution >= 4 is 5.71 Å². The van der Waals surface area contributed by atoms with Gasteiger partial charge in [-0.15, -0.1) is 0 Å². The second-order valence-electron chi connectivity index (χ2n) is 7.71. The third-order valence-electron chi connectivity index (χ3n) is 5.14. The first-order valence-corrected chi connectivity index (χ1v) is 10.1. The van der Waals surface area contributed by atoms with Gasteiger partial charge in [0.05, 0.1) is 0 Å². The normalized spacial score (nSPS) is 13.1. The molecule has 152 valence electrons. The summed E-state index contributed by atoms with van der Waals surface area (Å²) < 4.78 is 14.1. The Bertz CT molecular complexity index is 643. The molecular formula is C23H38FN3. The number of halogens is 1. The van der Waals surface area contributed by atoms with E-state index >= 15 is 0 Å². The highest BCUT2D eigenvalue weighted by Crippen LogP contribution is 2.19. The van der Waals surface area contributed by atoms with Gasteiger partial charge < -0.3 is 10.2 Å². The first-order chi connectivity index (χ1) is 12.8. The van der Waals surface area contributed by atoms with E-state index in [1.54, 1.807) is 6.07 Å². The molecule has 0 aliphatic heterocycles. The molecule has 0 aliphatic carbocycles. The lowest BCUT2D eigenvalue weighted by atomic mass is 10.0. The Balaban J connectivity index is 2.80. The fourth-order valence-electron chi connectivity index (χ4n) is 3.22. The van der Waals surface area contributed by atoms with Crippen LogP contribution in [0.1, 0.15) is 64.5 Å². The van der Waals surface area contributed by atoms with Gasteiger partial charge >= 0.3 is 0 Å². The molecule has 0 spiro atoms. The summed E-state index contributed by atoms with van der Waals surface area (Å²) >= 11 is 0. The molecule has 0 amide bonds. The minimum absolute atomic E-state index is 0.137. The van der Waals surface area contributed by atoms with Crippen molar-refractivity contribution in [2.75, 3.05) is 27.7 Å². The molecule has 1 N–H and O–H groups in total. The van der Waals surface area contributed by atoms with Gasteiger partial charge in [-0.2, -0.15) is 0 Å². The van der Waals surface area contributed by atoms with E-state index in [9.17, 15) is 4.39 Å². The maximum Gasteiger partial charge on any atom is 0.127 e. The number of benzene rings is 1. The van der Waals surface area contributed by atoms with E-state index in [1.165, 1.54) is 5.57 Å². The van der Waals surface area contributed by atoms with Gasteiger partial charge in [0.2, 0.25) is 0 Å². The second-order valence-corrected chi connectivity index (χ2v) is 7.71. The zero-order valence-corrected chi connectivity index (χ0v) is 18.3. The summed E-state index contributed by atoms with van der Waals surface area (Å²) in [6.45, 7) is 9.19. The zero-order chi connectivity index (χ0) is 20.4. The number of allylic oxidation sites excluding steroid dienone is 2. The third-order valence-corrected chi connectivity index (χ3v) is 5.14. The minimum Gasteiger partial charge on any atom is -0.320 e. The quantitative estimate of drug-likeness (QED) is 0.538. The summed E-state index contributed by atoms with van der Waals surface area (Å²) in [6, 6.07) is 6.04. The molecule has 0 aromatic heterocycles. The van der Waals surface area contributed by atoms with Crippen LogP contribution >= 0.6 is 0 Å².